The first-order valence-corrected chi connectivity index (χ1v) is 6.29. The summed E-state index contributed by atoms with van der Waals surface area (Å²) >= 11 is 0. The first kappa shape index (κ1) is 13.5. The number of carbonyl (C=O) groups excluding carboxylic acids is 1. The number of hydrogen-bond donors (Lipinski definition) is 2. The van der Waals surface area contributed by atoms with Crippen molar-refractivity contribution in [2.45, 2.75) is 13.0 Å². The van der Waals surface area contributed by atoms with E-state index in [0.717, 1.165) is 0 Å². The number of aromatic hydroxyl groups is 2. The van der Waals surface area contributed by atoms with Crippen LogP contribution in [0, 0.1) is 6.92 Å². The van der Waals surface area contributed by atoms with E-state index < -0.39 is 11.9 Å². The minimum atomic E-state index is -0.604. The second kappa shape index (κ2) is 4.53. The average Bonchev–Trinajstić information content (AvgIpc) is 2.81. The van der Waals surface area contributed by atoms with Crippen LogP contribution in [0.1, 0.15) is 38.9 Å². The average molecular weight is 290 g/mol. The number of aryl methyl sites for hydroxylation is 1. The lowest BCUT2D eigenvalue weighted by molar-refractivity contribution is 0.0981. The highest BCUT2D eigenvalue weighted by Crippen LogP contribution is 2.48. The number of rotatable bonds is 2. The summed E-state index contributed by atoms with van der Waals surface area (Å²) in [6.45, 7) is 1.67. The van der Waals surface area contributed by atoms with Crippen LogP contribution < -0.4 is 4.74 Å². The molecule has 6 nitrogen and oxygen atoms in total. The maximum Gasteiger partial charge on any atom is 0.203 e. The predicted octanol–water partition coefficient (Wildman–Crippen LogP) is 2.29. The third kappa shape index (κ3) is 1.66. The van der Waals surface area contributed by atoms with Crippen LogP contribution in [0.3, 0.4) is 0 Å². The molecule has 0 radical (unpaired) electrons. The molecule has 6 heteroatoms. The third-order valence-corrected chi connectivity index (χ3v) is 3.73. The van der Waals surface area contributed by atoms with Crippen LogP contribution in [0.4, 0.5) is 0 Å². The van der Waals surface area contributed by atoms with Gasteiger partial charge >= 0.3 is 0 Å². The van der Waals surface area contributed by atoms with Crippen molar-refractivity contribution in [2.75, 3.05) is 14.2 Å². The van der Waals surface area contributed by atoms with E-state index in [-0.39, 0.29) is 22.8 Å². The lowest BCUT2D eigenvalue weighted by Gasteiger charge is -2.25. The number of benzene rings is 1. The van der Waals surface area contributed by atoms with Gasteiger partial charge in [-0.3, -0.25) is 4.79 Å². The SMILES string of the molecule is COc1c(O)cc2c(c1O)C(=O)c1c(coc1C)C2OC. The molecule has 0 fully saturated rings. The van der Waals surface area contributed by atoms with Crippen molar-refractivity contribution in [3.8, 4) is 17.2 Å². The van der Waals surface area contributed by atoms with Gasteiger partial charge in [-0.05, 0) is 13.0 Å². The summed E-state index contributed by atoms with van der Waals surface area (Å²) in [6, 6.07) is 1.37. The zero-order valence-corrected chi connectivity index (χ0v) is 11.8. The molecule has 1 heterocycles. The van der Waals surface area contributed by atoms with Crippen molar-refractivity contribution in [3.63, 3.8) is 0 Å². The fraction of sp³-hybridized carbons (Fsp3) is 0.267. The second-order valence-corrected chi connectivity index (χ2v) is 4.81. The van der Waals surface area contributed by atoms with Crippen LogP contribution in [0.15, 0.2) is 16.7 Å². The Morgan fingerprint density at radius 1 is 1.19 bits per heavy atom. The molecule has 0 spiro atoms. The summed E-state index contributed by atoms with van der Waals surface area (Å²) in [5, 5.41) is 20.2. The minimum absolute atomic E-state index is 0.0634. The molecule has 3 rings (SSSR count). The maximum absolute atomic E-state index is 12.6. The van der Waals surface area contributed by atoms with Gasteiger partial charge in [0.25, 0.3) is 0 Å². The smallest absolute Gasteiger partial charge is 0.203 e. The summed E-state index contributed by atoms with van der Waals surface area (Å²) in [4.78, 5) is 12.6. The molecule has 2 aromatic rings. The highest BCUT2D eigenvalue weighted by molar-refractivity contribution is 6.15. The quantitative estimate of drug-likeness (QED) is 0.882. The molecule has 1 aromatic heterocycles. The number of carbonyl (C=O) groups is 1. The summed E-state index contributed by atoms with van der Waals surface area (Å²) in [5.41, 5.74) is 1.40. The Balaban J connectivity index is 2.36. The Labute approximate surface area is 120 Å². The van der Waals surface area contributed by atoms with Crippen LogP contribution in [-0.2, 0) is 4.74 Å². The molecular formula is C15H14O6. The van der Waals surface area contributed by atoms with Crippen LogP contribution in [0.2, 0.25) is 0 Å². The van der Waals surface area contributed by atoms with Gasteiger partial charge in [-0.2, -0.15) is 0 Å². The van der Waals surface area contributed by atoms with E-state index in [0.29, 0.717) is 22.5 Å². The molecule has 0 saturated carbocycles. The van der Waals surface area contributed by atoms with Gasteiger partial charge in [0.15, 0.2) is 11.5 Å². The predicted molar refractivity (Wildman–Crippen MR) is 72.1 cm³/mol. The number of methoxy groups -OCH3 is 2. The van der Waals surface area contributed by atoms with Gasteiger partial charge in [-0.15, -0.1) is 0 Å². The van der Waals surface area contributed by atoms with Crippen molar-refractivity contribution in [3.05, 3.63) is 40.3 Å². The van der Waals surface area contributed by atoms with E-state index in [2.05, 4.69) is 0 Å². The summed E-state index contributed by atoms with van der Waals surface area (Å²) in [5.74, 6) is -0.718. The number of phenols is 2. The molecule has 1 unspecified atom stereocenters. The summed E-state index contributed by atoms with van der Waals surface area (Å²) in [7, 11) is 2.78. The van der Waals surface area contributed by atoms with Gasteiger partial charge in [-0.25, -0.2) is 0 Å². The highest BCUT2D eigenvalue weighted by Gasteiger charge is 2.38. The molecule has 1 atom stereocenters. The van der Waals surface area contributed by atoms with Crippen LogP contribution >= 0.6 is 0 Å². The molecule has 2 N–H and O–H groups in total. The highest BCUT2D eigenvalue weighted by atomic mass is 16.5. The lowest BCUT2D eigenvalue weighted by Crippen LogP contribution is -2.20. The van der Waals surface area contributed by atoms with Gasteiger partial charge in [0.1, 0.15) is 11.9 Å². The molecule has 1 aliphatic carbocycles. The van der Waals surface area contributed by atoms with Crippen LogP contribution in [0.25, 0.3) is 0 Å². The largest absolute Gasteiger partial charge is 0.504 e. The van der Waals surface area contributed by atoms with Crippen LogP contribution in [0.5, 0.6) is 17.2 Å². The standard InChI is InChI=1S/C15H14O6/c1-6-10-8(5-21-6)14(19-2)7-4-9(16)15(20-3)13(18)11(7)12(10)17/h4-5,14,16,18H,1-3H3. The van der Waals surface area contributed by atoms with Gasteiger partial charge in [-0.1, -0.05) is 0 Å². The zero-order chi connectivity index (χ0) is 15.3. The number of ether oxygens (including phenoxy) is 2. The number of furan rings is 1. The van der Waals surface area contributed by atoms with Crippen molar-refractivity contribution in [1.29, 1.82) is 0 Å². The number of hydrogen-bond acceptors (Lipinski definition) is 6. The van der Waals surface area contributed by atoms with E-state index >= 15 is 0 Å². The van der Waals surface area contributed by atoms with E-state index in [4.69, 9.17) is 13.9 Å². The molecule has 21 heavy (non-hydrogen) atoms. The fourth-order valence-electron chi connectivity index (χ4n) is 2.81. The van der Waals surface area contributed by atoms with E-state index in [1.54, 1.807) is 6.92 Å². The fourth-order valence-corrected chi connectivity index (χ4v) is 2.81. The number of ketones is 1. The van der Waals surface area contributed by atoms with Gasteiger partial charge < -0.3 is 24.1 Å². The first-order valence-electron chi connectivity index (χ1n) is 6.29. The molecule has 0 aliphatic heterocycles. The number of phenolic OH excluding ortho intramolecular Hbond substituents is 2. The van der Waals surface area contributed by atoms with Gasteiger partial charge in [0.2, 0.25) is 11.5 Å². The Hall–Kier alpha value is -2.47. The summed E-state index contributed by atoms with van der Waals surface area (Å²) in [6.07, 6.45) is 0.853. The maximum atomic E-state index is 12.6. The first-order chi connectivity index (χ1) is 10.0. The van der Waals surface area contributed by atoms with E-state index in [1.807, 2.05) is 0 Å². The topological polar surface area (TPSA) is 89.1 Å². The Morgan fingerprint density at radius 2 is 1.90 bits per heavy atom. The molecule has 0 saturated heterocycles. The van der Waals surface area contributed by atoms with Crippen molar-refractivity contribution < 1.29 is 28.9 Å². The number of fused-ring (bicyclic) bond motifs is 2. The van der Waals surface area contributed by atoms with Gasteiger partial charge in [0.05, 0.1) is 24.5 Å². The molecule has 0 amide bonds. The lowest BCUT2D eigenvalue weighted by atomic mass is 9.83. The molecule has 1 aliphatic rings. The summed E-state index contributed by atoms with van der Waals surface area (Å²) < 4.78 is 15.7. The Morgan fingerprint density at radius 3 is 2.52 bits per heavy atom. The van der Waals surface area contributed by atoms with Crippen LogP contribution in [-0.4, -0.2) is 30.2 Å². The monoisotopic (exact) mass is 290 g/mol. The third-order valence-electron chi connectivity index (χ3n) is 3.73. The molecule has 110 valence electrons. The molecule has 1 aromatic carbocycles. The van der Waals surface area contributed by atoms with Crippen molar-refractivity contribution in [2.24, 2.45) is 0 Å². The Bertz CT molecular complexity index is 743. The molecule has 0 bridgehead atoms. The Kier molecular flexibility index (Phi) is 2.91. The minimum Gasteiger partial charge on any atom is -0.504 e. The second-order valence-electron chi connectivity index (χ2n) is 4.81. The van der Waals surface area contributed by atoms with E-state index in [1.165, 1.54) is 26.5 Å². The van der Waals surface area contributed by atoms with Gasteiger partial charge in [0, 0.05) is 18.2 Å². The van der Waals surface area contributed by atoms with Crippen molar-refractivity contribution >= 4 is 5.78 Å². The zero-order valence-electron chi connectivity index (χ0n) is 11.8. The van der Waals surface area contributed by atoms with Crippen molar-refractivity contribution in [1.82, 2.24) is 0 Å². The van der Waals surface area contributed by atoms with E-state index in [9.17, 15) is 15.0 Å². The molecular weight excluding hydrogens is 276 g/mol. The normalized spacial score (nSPS) is 16.5.